The van der Waals surface area contributed by atoms with Gasteiger partial charge in [-0.15, -0.1) is 0 Å². The van der Waals surface area contributed by atoms with Crippen molar-refractivity contribution in [3.05, 3.63) is 53.1 Å². The average Bonchev–Trinajstić information content (AvgIpc) is 2.54. The minimum absolute atomic E-state index is 0.0772. The van der Waals surface area contributed by atoms with Crippen molar-refractivity contribution in [2.24, 2.45) is 5.14 Å². The average molecular weight is 347 g/mol. The molecule has 5 nitrogen and oxygen atoms in total. The van der Waals surface area contributed by atoms with Crippen molar-refractivity contribution in [1.29, 1.82) is 0 Å². The molecular weight excluding hydrogens is 326 g/mol. The molecule has 0 atom stereocenters. The number of ether oxygens (including phenoxy) is 1. The van der Waals surface area contributed by atoms with E-state index in [4.69, 9.17) is 9.88 Å². The number of nitrogens with two attached hydrogens (primary N) is 1. The smallest absolute Gasteiger partial charge is 0.338 e. The van der Waals surface area contributed by atoms with Gasteiger partial charge >= 0.3 is 5.97 Å². The normalized spacial score (nSPS) is 11.3. The summed E-state index contributed by atoms with van der Waals surface area (Å²) in [5.41, 5.74) is 3.27. The lowest BCUT2D eigenvalue weighted by Gasteiger charge is -2.14. The molecule has 128 valence electrons. The molecule has 0 unspecified atom stereocenters. The van der Waals surface area contributed by atoms with Crippen LogP contribution in [0.3, 0.4) is 0 Å². The van der Waals surface area contributed by atoms with Crippen LogP contribution in [0.2, 0.25) is 0 Å². The largest absolute Gasteiger partial charge is 0.465 e. The van der Waals surface area contributed by atoms with Gasteiger partial charge in [0, 0.05) is 5.56 Å². The zero-order valence-corrected chi connectivity index (χ0v) is 14.8. The van der Waals surface area contributed by atoms with Crippen LogP contribution >= 0.6 is 0 Å². The molecule has 2 rings (SSSR count). The van der Waals surface area contributed by atoms with Gasteiger partial charge in [0.05, 0.1) is 17.6 Å². The lowest BCUT2D eigenvalue weighted by Crippen LogP contribution is -2.16. The van der Waals surface area contributed by atoms with Crippen molar-refractivity contribution in [3.63, 3.8) is 0 Å². The fourth-order valence-corrected chi connectivity index (χ4v) is 3.36. The van der Waals surface area contributed by atoms with Crippen molar-refractivity contribution in [1.82, 2.24) is 0 Å². The number of sulfonamides is 1. The van der Waals surface area contributed by atoms with Crippen molar-refractivity contribution in [2.45, 2.75) is 31.6 Å². The van der Waals surface area contributed by atoms with E-state index in [1.807, 2.05) is 38.1 Å². The second-order valence-corrected chi connectivity index (χ2v) is 7.19. The number of hydrogen-bond acceptors (Lipinski definition) is 4. The predicted octanol–water partition coefficient (Wildman–Crippen LogP) is 3.05. The molecule has 2 N–H and O–H groups in total. The number of rotatable bonds is 5. The highest BCUT2D eigenvalue weighted by molar-refractivity contribution is 7.89. The molecule has 0 spiro atoms. The van der Waals surface area contributed by atoms with E-state index in [0.717, 1.165) is 23.1 Å². The van der Waals surface area contributed by atoms with Crippen molar-refractivity contribution in [2.75, 3.05) is 7.11 Å². The molecule has 0 aliphatic rings. The molecule has 2 aromatic rings. The van der Waals surface area contributed by atoms with Gasteiger partial charge in [-0.25, -0.2) is 18.4 Å². The standard InChI is InChI=1S/C18H21NO4S/c1-4-5-14-10-15(13-8-6-12(2)7-9-13)17(24(19,21)22)11-16(14)18(20)23-3/h6-11H,4-5H2,1-3H3,(H2,19,21,22). The van der Waals surface area contributed by atoms with E-state index in [2.05, 4.69) is 0 Å². The van der Waals surface area contributed by atoms with Crippen LogP contribution in [0.5, 0.6) is 0 Å². The summed E-state index contributed by atoms with van der Waals surface area (Å²) in [4.78, 5) is 11.9. The topological polar surface area (TPSA) is 86.5 Å². The van der Waals surface area contributed by atoms with E-state index in [9.17, 15) is 13.2 Å². The summed E-state index contributed by atoms with van der Waals surface area (Å²) in [5, 5.41) is 5.38. The summed E-state index contributed by atoms with van der Waals surface area (Å²) < 4.78 is 28.9. The van der Waals surface area contributed by atoms with Gasteiger partial charge in [0.25, 0.3) is 0 Å². The molecule has 0 saturated carbocycles. The number of hydrogen-bond donors (Lipinski definition) is 1. The Labute approximate surface area is 142 Å². The first-order valence-corrected chi connectivity index (χ1v) is 9.17. The highest BCUT2D eigenvalue weighted by Gasteiger charge is 2.22. The van der Waals surface area contributed by atoms with Crippen LogP contribution in [0.4, 0.5) is 0 Å². The highest BCUT2D eigenvalue weighted by Crippen LogP contribution is 2.31. The fourth-order valence-electron chi connectivity index (χ4n) is 2.59. The molecule has 0 aromatic heterocycles. The van der Waals surface area contributed by atoms with Crippen LogP contribution in [-0.2, 0) is 21.2 Å². The fraction of sp³-hybridized carbons (Fsp3) is 0.278. The Morgan fingerprint density at radius 1 is 1.17 bits per heavy atom. The number of esters is 1. The van der Waals surface area contributed by atoms with Crippen LogP contribution in [-0.4, -0.2) is 21.5 Å². The summed E-state index contributed by atoms with van der Waals surface area (Å²) in [7, 11) is -2.73. The summed E-state index contributed by atoms with van der Waals surface area (Å²) in [5.74, 6) is -0.571. The zero-order chi connectivity index (χ0) is 17.9. The molecular formula is C18H21NO4S. The molecule has 2 aromatic carbocycles. The minimum Gasteiger partial charge on any atom is -0.465 e. The van der Waals surface area contributed by atoms with Gasteiger partial charge in [-0.2, -0.15) is 0 Å². The highest BCUT2D eigenvalue weighted by atomic mass is 32.2. The number of primary sulfonamides is 1. The number of aryl methyl sites for hydroxylation is 2. The minimum atomic E-state index is -4.00. The molecule has 0 aliphatic heterocycles. The maximum absolute atomic E-state index is 12.1. The van der Waals surface area contributed by atoms with E-state index >= 15 is 0 Å². The van der Waals surface area contributed by atoms with E-state index in [1.165, 1.54) is 13.2 Å². The number of benzene rings is 2. The predicted molar refractivity (Wildman–Crippen MR) is 93.3 cm³/mol. The first kappa shape index (κ1) is 18.2. The molecule has 6 heteroatoms. The van der Waals surface area contributed by atoms with Crippen molar-refractivity contribution < 1.29 is 17.9 Å². The Hall–Kier alpha value is -2.18. The van der Waals surface area contributed by atoms with E-state index in [0.29, 0.717) is 12.0 Å². The Balaban J connectivity index is 2.79. The first-order chi connectivity index (χ1) is 11.3. The second kappa shape index (κ2) is 7.15. The van der Waals surface area contributed by atoms with Gasteiger partial charge in [0.1, 0.15) is 0 Å². The Kier molecular flexibility index (Phi) is 5.41. The monoisotopic (exact) mass is 347 g/mol. The van der Waals surface area contributed by atoms with Gasteiger partial charge in [-0.05, 0) is 36.6 Å². The number of carbonyl (C=O) groups is 1. The van der Waals surface area contributed by atoms with Crippen molar-refractivity contribution >= 4 is 16.0 Å². The van der Waals surface area contributed by atoms with Crippen LogP contribution in [0.1, 0.15) is 34.8 Å². The van der Waals surface area contributed by atoms with Crippen LogP contribution in [0, 0.1) is 6.92 Å². The molecule has 0 radical (unpaired) electrons. The number of methoxy groups -OCH3 is 1. The lowest BCUT2D eigenvalue weighted by molar-refractivity contribution is 0.0599. The molecule has 0 amide bonds. The Bertz CT molecular complexity index is 855. The summed E-state index contributed by atoms with van der Waals surface area (Å²) >= 11 is 0. The Morgan fingerprint density at radius 2 is 1.79 bits per heavy atom. The molecule has 0 heterocycles. The maximum Gasteiger partial charge on any atom is 0.338 e. The van der Waals surface area contributed by atoms with E-state index in [1.54, 1.807) is 6.07 Å². The summed E-state index contributed by atoms with van der Waals surface area (Å²) in [6.45, 7) is 3.94. The van der Waals surface area contributed by atoms with Crippen molar-refractivity contribution in [3.8, 4) is 11.1 Å². The summed E-state index contributed by atoms with van der Waals surface area (Å²) in [6.07, 6.45) is 1.44. The van der Waals surface area contributed by atoms with Crippen LogP contribution in [0.25, 0.3) is 11.1 Å². The number of carbonyl (C=O) groups excluding carboxylic acids is 1. The van der Waals surface area contributed by atoms with Gasteiger partial charge in [-0.1, -0.05) is 43.2 Å². The molecule has 0 bridgehead atoms. The zero-order valence-electron chi connectivity index (χ0n) is 14.0. The lowest BCUT2D eigenvalue weighted by atomic mass is 9.96. The third-order valence-corrected chi connectivity index (χ3v) is 4.75. The Morgan fingerprint density at radius 3 is 2.29 bits per heavy atom. The van der Waals surface area contributed by atoms with Crippen LogP contribution in [0.15, 0.2) is 41.3 Å². The van der Waals surface area contributed by atoms with Gasteiger partial charge in [0.2, 0.25) is 10.0 Å². The van der Waals surface area contributed by atoms with Crippen LogP contribution < -0.4 is 5.14 Å². The third-order valence-electron chi connectivity index (χ3n) is 3.80. The summed E-state index contributed by atoms with van der Waals surface area (Å²) in [6, 6.07) is 10.5. The quantitative estimate of drug-likeness (QED) is 0.842. The van der Waals surface area contributed by atoms with E-state index in [-0.39, 0.29) is 10.5 Å². The van der Waals surface area contributed by atoms with E-state index < -0.39 is 16.0 Å². The molecule has 0 fully saturated rings. The molecule has 0 saturated heterocycles. The van der Waals surface area contributed by atoms with Gasteiger partial charge in [-0.3, -0.25) is 0 Å². The second-order valence-electron chi connectivity index (χ2n) is 5.66. The molecule has 0 aliphatic carbocycles. The third kappa shape index (κ3) is 3.83. The SMILES string of the molecule is CCCc1cc(-c2ccc(C)cc2)c(S(N)(=O)=O)cc1C(=O)OC. The maximum atomic E-state index is 12.1. The molecule has 24 heavy (non-hydrogen) atoms. The first-order valence-electron chi connectivity index (χ1n) is 7.63. The van der Waals surface area contributed by atoms with Gasteiger partial charge in [0.15, 0.2) is 0 Å². The van der Waals surface area contributed by atoms with Gasteiger partial charge < -0.3 is 4.74 Å².